The molecule has 0 spiro atoms. The Bertz CT molecular complexity index is 923. The fourth-order valence-corrected chi connectivity index (χ4v) is 4.54. The van der Waals surface area contributed by atoms with Crippen LogP contribution >= 0.6 is 0 Å². The van der Waals surface area contributed by atoms with Crippen molar-refractivity contribution in [3.63, 3.8) is 0 Å². The summed E-state index contributed by atoms with van der Waals surface area (Å²) in [6.45, 7) is 4.13. The van der Waals surface area contributed by atoms with Crippen LogP contribution < -0.4 is 0 Å². The number of hydrogen-bond donors (Lipinski definition) is 0. The van der Waals surface area contributed by atoms with E-state index in [1.807, 2.05) is 4.90 Å². The fourth-order valence-electron chi connectivity index (χ4n) is 3.12. The summed E-state index contributed by atoms with van der Waals surface area (Å²) in [5.41, 5.74) is 0.920. The Hall–Kier alpha value is -2.29. The predicted octanol–water partition coefficient (Wildman–Crippen LogP) is 2.51. The Labute approximate surface area is 164 Å². The topological polar surface area (TPSA) is 66.9 Å². The van der Waals surface area contributed by atoms with Gasteiger partial charge in [-0.1, -0.05) is 18.2 Å². The van der Waals surface area contributed by atoms with Gasteiger partial charge in [-0.2, -0.15) is 4.31 Å². The number of carbonyl (C=O) groups is 1. The van der Waals surface area contributed by atoms with Crippen molar-refractivity contribution in [2.75, 3.05) is 32.8 Å². The average molecular weight is 406 g/mol. The molecule has 2 aromatic rings. The lowest BCUT2D eigenvalue weighted by Gasteiger charge is -2.34. The van der Waals surface area contributed by atoms with Crippen molar-refractivity contribution in [1.29, 1.82) is 0 Å². The van der Waals surface area contributed by atoms with E-state index in [9.17, 15) is 17.6 Å². The fraction of sp³-hybridized carbons (Fsp3) is 0.350. The van der Waals surface area contributed by atoms with Gasteiger partial charge >= 0.3 is 5.97 Å². The Balaban J connectivity index is 1.63. The van der Waals surface area contributed by atoms with E-state index in [0.29, 0.717) is 43.9 Å². The second-order valence-electron chi connectivity index (χ2n) is 6.52. The number of ether oxygens (including phenoxy) is 1. The molecular formula is C20H23FN2O4S. The van der Waals surface area contributed by atoms with Crippen LogP contribution in [0.25, 0.3) is 0 Å². The number of sulfonamides is 1. The monoisotopic (exact) mass is 406 g/mol. The van der Waals surface area contributed by atoms with Gasteiger partial charge in [0.1, 0.15) is 5.82 Å². The van der Waals surface area contributed by atoms with Gasteiger partial charge in [-0.15, -0.1) is 0 Å². The summed E-state index contributed by atoms with van der Waals surface area (Å²) in [4.78, 5) is 13.9. The van der Waals surface area contributed by atoms with Crippen molar-refractivity contribution in [3.8, 4) is 0 Å². The third-order valence-electron chi connectivity index (χ3n) is 4.69. The van der Waals surface area contributed by atoms with Crippen molar-refractivity contribution in [2.45, 2.75) is 18.4 Å². The molecule has 0 bridgehead atoms. The number of esters is 1. The Morgan fingerprint density at radius 1 is 1.04 bits per heavy atom. The Morgan fingerprint density at radius 3 is 2.29 bits per heavy atom. The van der Waals surface area contributed by atoms with Crippen LogP contribution in [0.1, 0.15) is 22.8 Å². The number of halogens is 1. The first-order chi connectivity index (χ1) is 13.4. The van der Waals surface area contributed by atoms with Crippen LogP contribution in [0.2, 0.25) is 0 Å². The summed E-state index contributed by atoms with van der Waals surface area (Å²) in [5, 5.41) is 0. The maximum absolute atomic E-state index is 13.8. The van der Waals surface area contributed by atoms with Gasteiger partial charge in [0.05, 0.1) is 17.1 Å². The van der Waals surface area contributed by atoms with Gasteiger partial charge in [-0.3, -0.25) is 4.90 Å². The third-order valence-corrected chi connectivity index (χ3v) is 6.60. The van der Waals surface area contributed by atoms with E-state index >= 15 is 0 Å². The SMILES string of the molecule is CCOC(=O)c1ccc(S(=O)(=O)N2CCN(Cc3ccccc3F)CC2)cc1. The summed E-state index contributed by atoms with van der Waals surface area (Å²) >= 11 is 0. The molecule has 0 amide bonds. The molecule has 1 aliphatic rings. The first kappa shape index (κ1) is 20.4. The number of hydrogen-bond acceptors (Lipinski definition) is 5. The van der Waals surface area contributed by atoms with Gasteiger partial charge in [0.2, 0.25) is 10.0 Å². The average Bonchev–Trinajstić information content (AvgIpc) is 2.70. The van der Waals surface area contributed by atoms with Crippen molar-refractivity contribution >= 4 is 16.0 Å². The van der Waals surface area contributed by atoms with E-state index in [1.54, 1.807) is 25.1 Å². The highest BCUT2D eigenvalue weighted by Crippen LogP contribution is 2.20. The summed E-state index contributed by atoms with van der Waals surface area (Å²) in [7, 11) is -3.64. The van der Waals surface area contributed by atoms with Crippen molar-refractivity contribution in [3.05, 3.63) is 65.5 Å². The summed E-state index contributed by atoms with van der Waals surface area (Å²) in [5.74, 6) is -0.729. The molecule has 3 rings (SSSR count). The molecule has 28 heavy (non-hydrogen) atoms. The second kappa shape index (κ2) is 8.81. The van der Waals surface area contributed by atoms with E-state index in [2.05, 4.69) is 0 Å². The molecular weight excluding hydrogens is 383 g/mol. The van der Waals surface area contributed by atoms with Gasteiger partial charge in [-0.25, -0.2) is 17.6 Å². The second-order valence-corrected chi connectivity index (χ2v) is 8.45. The van der Waals surface area contributed by atoms with Gasteiger partial charge in [0, 0.05) is 38.3 Å². The molecule has 1 aliphatic heterocycles. The zero-order valence-corrected chi connectivity index (χ0v) is 16.5. The number of piperazine rings is 1. The molecule has 0 saturated carbocycles. The normalized spacial score (nSPS) is 16.1. The van der Waals surface area contributed by atoms with E-state index < -0.39 is 16.0 Å². The highest BCUT2D eigenvalue weighted by Gasteiger charge is 2.28. The van der Waals surface area contributed by atoms with Gasteiger partial charge in [-0.05, 0) is 37.3 Å². The minimum Gasteiger partial charge on any atom is -0.462 e. The number of carbonyl (C=O) groups excluding carboxylic acids is 1. The molecule has 150 valence electrons. The standard InChI is InChI=1S/C20H23FN2O4S/c1-2-27-20(24)16-7-9-18(10-8-16)28(25,26)23-13-11-22(12-14-23)15-17-5-3-4-6-19(17)21/h3-10H,2,11-15H2,1H3. The van der Waals surface area contributed by atoms with Gasteiger partial charge in [0.15, 0.2) is 0 Å². The largest absolute Gasteiger partial charge is 0.462 e. The highest BCUT2D eigenvalue weighted by atomic mass is 32.2. The lowest BCUT2D eigenvalue weighted by atomic mass is 10.2. The summed E-state index contributed by atoms with van der Waals surface area (Å²) in [6.07, 6.45) is 0. The molecule has 6 nitrogen and oxygen atoms in total. The molecule has 0 aliphatic carbocycles. The molecule has 0 unspecified atom stereocenters. The van der Waals surface area contributed by atoms with Crippen LogP contribution in [0, 0.1) is 5.82 Å². The lowest BCUT2D eigenvalue weighted by Crippen LogP contribution is -2.48. The van der Waals surface area contributed by atoms with E-state index in [4.69, 9.17) is 4.74 Å². The first-order valence-corrected chi connectivity index (χ1v) is 10.6. The molecule has 1 saturated heterocycles. The van der Waals surface area contributed by atoms with Crippen molar-refractivity contribution in [2.24, 2.45) is 0 Å². The van der Waals surface area contributed by atoms with Gasteiger partial charge < -0.3 is 4.74 Å². The zero-order chi connectivity index (χ0) is 20.1. The molecule has 0 aromatic heterocycles. The minimum absolute atomic E-state index is 0.142. The molecule has 0 radical (unpaired) electrons. The third kappa shape index (κ3) is 4.57. The molecule has 1 heterocycles. The van der Waals surface area contributed by atoms with Crippen LogP contribution in [-0.2, 0) is 21.3 Å². The molecule has 2 aromatic carbocycles. The zero-order valence-electron chi connectivity index (χ0n) is 15.7. The maximum atomic E-state index is 13.8. The molecule has 0 atom stereocenters. The van der Waals surface area contributed by atoms with Crippen LogP contribution in [0.3, 0.4) is 0 Å². The summed E-state index contributed by atoms with van der Waals surface area (Å²) < 4.78 is 45.8. The number of benzene rings is 2. The van der Waals surface area contributed by atoms with E-state index in [-0.39, 0.29) is 17.3 Å². The van der Waals surface area contributed by atoms with Crippen molar-refractivity contribution in [1.82, 2.24) is 9.21 Å². The molecule has 8 heteroatoms. The predicted molar refractivity (Wildman–Crippen MR) is 103 cm³/mol. The van der Waals surface area contributed by atoms with Crippen LogP contribution in [-0.4, -0.2) is 56.4 Å². The van der Waals surface area contributed by atoms with E-state index in [1.165, 1.54) is 34.6 Å². The van der Waals surface area contributed by atoms with Crippen LogP contribution in [0.15, 0.2) is 53.4 Å². The van der Waals surface area contributed by atoms with E-state index in [0.717, 1.165) is 0 Å². The Kier molecular flexibility index (Phi) is 6.43. The minimum atomic E-state index is -3.64. The smallest absolute Gasteiger partial charge is 0.338 e. The summed E-state index contributed by atoms with van der Waals surface area (Å²) in [6, 6.07) is 12.4. The highest BCUT2D eigenvalue weighted by molar-refractivity contribution is 7.89. The van der Waals surface area contributed by atoms with Crippen molar-refractivity contribution < 1.29 is 22.3 Å². The molecule has 0 N–H and O–H groups in total. The maximum Gasteiger partial charge on any atom is 0.338 e. The lowest BCUT2D eigenvalue weighted by molar-refractivity contribution is 0.0526. The van der Waals surface area contributed by atoms with Gasteiger partial charge in [0.25, 0.3) is 0 Å². The van der Waals surface area contributed by atoms with Crippen LogP contribution in [0.5, 0.6) is 0 Å². The number of nitrogens with zero attached hydrogens (tertiary/aromatic N) is 2. The first-order valence-electron chi connectivity index (χ1n) is 9.15. The van der Waals surface area contributed by atoms with Crippen LogP contribution in [0.4, 0.5) is 4.39 Å². The molecule has 1 fully saturated rings. The quantitative estimate of drug-likeness (QED) is 0.690. The Morgan fingerprint density at radius 2 is 1.68 bits per heavy atom. The number of rotatable bonds is 6.